The molecule has 1 spiro atoms. The lowest BCUT2D eigenvalue weighted by atomic mass is 9.58. The van der Waals surface area contributed by atoms with Crippen molar-refractivity contribution in [1.29, 1.82) is 0 Å². The van der Waals surface area contributed by atoms with E-state index in [1.807, 2.05) is 24.3 Å². The molecule has 3 N–H and O–H groups in total. The van der Waals surface area contributed by atoms with Crippen molar-refractivity contribution in [1.82, 2.24) is 15.5 Å². The van der Waals surface area contributed by atoms with Crippen molar-refractivity contribution >= 4 is 17.5 Å². The van der Waals surface area contributed by atoms with Gasteiger partial charge in [0.05, 0.1) is 5.56 Å². The predicted octanol–water partition coefficient (Wildman–Crippen LogP) is 3.74. The quantitative estimate of drug-likeness (QED) is 0.613. The number of anilines is 1. The van der Waals surface area contributed by atoms with Crippen LogP contribution in [0.15, 0.2) is 24.3 Å². The summed E-state index contributed by atoms with van der Waals surface area (Å²) in [6.07, 6.45) is 8.75. The lowest BCUT2D eigenvalue weighted by Gasteiger charge is -2.56. The number of benzene rings is 1. The highest BCUT2D eigenvalue weighted by Gasteiger charge is 2.55. The Morgan fingerprint density at radius 3 is 2.66 bits per heavy atom. The minimum atomic E-state index is -0.397. The summed E-state index contributed by atoms with van der Waals surface area (Å²) in [7, 11) is 0. The van der Waals surface area contributed by atoms with E-state index in [9.17, 15) is 9.59 Å². The van der Waals surface area contributed by atoms with E-state index in [2.05, 4.69) is 34.7 Å². The number of hydrogen-bond donors (Lipinski definition) is 3. The molecule has 5 aliphatic rings. The van der Waals surface area contributed by atoms with Crippen molar-refractivity contribution in [3.05, 3.63) is 29.8 Å². The summed E-state index contributed by atoms with van der Waals surface area (Å²) in [6.45, 7) is 6.49. The Hall–Kier alpha value is -2.08. The first kappa shape index (κ1) is 21.7. The summed E-state index contributed by atoms with van der Waals surface area (Å²) in [5, 5.41) is 10.2. The van der Waals surface area contributed by atoms with Gasteiger partial charge in [-0.05, 0) is 76.8 Å². The summed E-state index contributed by atoms with van der Waals surface area (Å²) in [5.41, 5.74) is 1.24. The molecule has 1 saturated heterocycles. The Kier molecular flexibility index (Phi) is 5.91. The highest BCUT2D eigenvalue weighted by atomic mass is 16.2. The topological polar surface area (TPSA) is 73.5 Å². The van der Waals surface area contributed by atoms with Crippen LogP contribution in [0.5, 0.6) is 0 Å². The molecular formula is C26H38N4O2. The molecule has 6 atom stereocenters. The van der Waals surface area contributed by atoms with Gasteiger partial charge >= 0.3 is 0 Å². The van der Waals surface area contributed by atoms with Crippen molar-refractivity contribution in [3.8, 4) is 0 Å². The molecule has 2 heterocycles. The van der Waals surface area contributed by atoms with Crippen LogP contribution in [0.2, 0.25) is 0 Å². The summed E-state index contributed by atoms with van der Waals surface area (Å²) < 4.78 is 0. The third kappa shape index (κ3) is 3.91. The Labute approximate surface area is 191 Å². The van der Waals surface area contributed by atoms with Gasteiger partial charge in [0.25, 0.3) is 5.91 Å². The number of nitrogens with one attached hydrogen (secondary N) is 3. The number of likely N-dealkylation sites (tertiary alicyclic amines) is 1. The van der Waals surface area contributed by atoms with Crippen molar-refractivity contribution in [2.45, 2.75) is 83.0 Å². The Morgan fingerprint density at radius 1 is 1.12 bits per heavy atom. The number of nitrogens with zero attached hydrogens (tertiary/aromatic N) is 1. The minimum absolute atomic E-state index is 0.00840. The summed E-state index contributed by atoms with van der Waals surface area (Å²) in [6, 6.07) is 9.05. The fraction of sp³-hybridized carbons (Fsp3) is 0.692. The van der Waals surface area contributed by atoms with E-state index in [0.29, 0.717) is 23.6 Å². The van der Waals surface area contributed by atoms with Crippen LogP contribution in [0.3, 0.4) is 0 Å². The van der Waals surface area contributed by atoms with Crippen molar-refractivity contribution in [2.24, 2.45) is 17.8 Å². The molecule has 4 fully saturated rings. The number of hydrogen-bond acceptors (Lipinski definition) is 4. The number of carbonyl (C=O) groups excluding carboxylic acids is 2. The number of rotatable bonds is 5. The molecule has 3 saturated carbocycles. The summed E-state index contributed by atoms with van der Waals surface area (Å²) >= 11 is 0. The Bertz CT molecular complexity index is 863. The van der Waals surface area contributed by atoms with Crippen molar-refractivity contribution in [2.75, 3.05) is 18.4 Å². The molecule has 2 aliphatic heterocycles. The van der Waals surface area contributed by atoms with Gasteiger partial charge < -0.3 is 16.0 Å². The number of fused-ring (bicyclic) bond motifs is 3. The van der Waals surface area contributed by atoms with E-state index >= 15 is 0 Å². The molecule has 5 unspecified atom stereocenters. The van der Waals surface area contributed by atoms with Crippen LogP contribution in [-0.2, 0) is 4.79 Å². The fourth-order valence-corrected chi connectivity index (χ4v) is 6.98. The normalized spacial score (nSPS) is 36.3. The van der Waals surface area contributed by atoms with Gasteiger partial charge in [0, 0.05) is 42.7 Å². The molecular weight excluding hydrogens is 400 g/mol. The second-order valence-electron chi connectivity index (χ2n) is 10.7. The zero-order valence-electron chi connectivity index (χ0n) is 19.5. The standard InChI is InChI=1S/C26H38N4O2/c1-17-7-5-8-18(2)30(17)14-6-13-27-24(31)22-15-20-12-11-19(22)16-26(20)28-23-10-4-3-9-21(23)25(32)29-26/h3-4,9-10,17-20,22,28H,5-8,11-16H2,1-2H3,(H,27,31)(H,29,32)/t17?,18?,19?,20?,22?,26-/m1/s1. The van der Waals surface area contributed by atoms with Gasteiger partial charge in [0.15, 0.2) is 0 Å². The predicted molar refractivity (Wildman–Crippen MR) is 126 cm³/mol. The van der Waals surface area contributed by atoms with Crippen LogP contribution in [0.1, 0.15) is 75.6 Å². The van der Waals surface area contributed by atoms with Gasteiger partial charge in [-0.3, -0.25) is 14.5 Å². The second kappa shape index (κ2) is 8.69. The van der Waals surface area contributed by atoms with Gasteiger partial charge in [-0.2, -0.15) is 0 Å². The average molecular weight is 439 g/mol. The van der Waals surface area contributed by atoms with Gasteiger partial charge in [-0.15, -0.1) is 0 Å². The average Bonchev–Trinajstić information content (AvgIpc) is 2.78. The van der Waals surface area contributed by atoms with Crippen LogP contribution in [0, 0.1) is 17.8 Å². The zero-order chi connectivity index (χ0) is 22.3. The molecule has 2 amide bonds. The smallest absolute Gasteiger partial charge is 0.255 e. The lowest BCUT2D eigenvalue weighted by molar-refractivity contribution is -0.132. The Morgan fingerprint density at radius 2 is 1.91 bits per heavy atom. The number of carbonyl (C=O) groups is 2. The van der Waals surface area contributed by atoms with Gasteiger partial charge in [0.1, 0.15) is 5.66 Å². The van der Waals surface area contributed by atoms with E-state index in [1.165, 1.54) is 19.3 Å². The molecule has 0 radical (unpaired) electrons. The van der Waals surface area contributed by atoms with Gasteiger partial charge in [0.2, 0.25) is 5.91 Å². The Balaban J connectivity index is 1.16. The van der Waals surface area contributed by atoms with Crippen LogP contribution < -0.4 is 16.0 Å². The van der Waals surface area contributed by atoms with E-state index < -0.39 is 5.66 Å². The molecule has 1 aromatic rings. The first-order valence-corrected chi connectivity index (χ1v) is 12.7. The molecule has 32 heavy (non-hydrogen) atoms. The van der Waals surface area contributed by atoms with Gasteiger partial charge in [-0.1, -0.05) is 18.6 Å². The molecule has 2 bridgehead atoms. The maximum absolute atomic E-state index is 13.1. The zero-order valence-corrected chi connectivity index (χ0v) is 19.5. The molecule has 174 valence electrons. The maximum atomic E-state index is 13.1. The lowest BCUT2D eigenvalue weighted by Crippen LogP contribution is -2.68. The summed E-state index contributed by atoms with van der Waals surface area (Å²) in [5.74, 6) is 0.907. The molecule has 6 heteroatoms. The van der Waals surface area contributed by atoms with Crippen LogP contribution in [0.4, 0.5) is 5.69 Å². The molecule has 6 rings (SSSR count). The van der Waals surface area contributed by atoms with E-state index in [0.717, 1.165) is 50.9 Å². The minimum Gasteiger partial charge on any atom is -0.362 e. The third-order valence-corrected chi connectivity index (χ3v) is 8.75. The third-order valence-electron chi connectivity index (χ3n) is 8.75. The van der Waals surface area contributed by atoms with Crippen LogP contribution in [-0.4, -0.2) is 47.6 Å². The van der Waals surface area contributed by atoms with E-state index in [-0.39, 0.29) is 23.7 Å². The maximum Gasteiger partial charge on any atom is 0.255 e. The van der Waals surface area contributed by atoms with Crippen LogP contribution >= 0.6 is 0 Å². The fourth-order valence-electron chi connectivity index (χ4n) is 6.98. The van der Waals surface area contributed by atoms with Crippen molar-refractivity contribution < 1.29 is 9.59 Å². The van der Waals surface area contributed by atoms with E-state index in [4.69, 9.17) is 0 Å². The largest absolute Gasteiger partial charge is 0.362 e. The van der Waals surface area contributed by atoms with Gasteiger partial charge in [-0.25, -0.2) is 0 Å². The first-order chi connectivity index (χ1) is 15.5. The second-order valence-corrected chi connectivity index (χ2v) is 10.7. The molecule has 1 aromatic carbocycles. The molecule has 0 aromatic heterocycles. The van der Waals surface area contributed by atoms with Crippen molar-refractivity contribution in [3.63, 3.8) is 0 Å². The summed E-state index contributed by atoms with van der Waals surface area (Å²) in [4.78, 5) is 28.4. The molecule has 6 nitrogen and oxygen atoms in total. The number of para-hydroxylation sites is 1. The van der Waals surface area contributed by atoms with E-state index in [1.54, 1.807) is 0 Å². The highest BCUT2D eigenvalue weighted by molar-refractivity contribution is 6.02. The number of amides is 2. The number of piperidine rings is 1. The van der Waals surface area contributed by atoms with Crippen LogP contribution in [0.25, 0.3) is 0 Å². The monoisotopic (exact) mass is 438 g/mol. The first-order valence-electron chi connectivity index (χ1n) is 12.7. The highest BCUT2D eigenvalue weighted by Crippen LogP contribution is 2.51. The SMILES string of the molecule is CC1CCCC(C)N1CCCNC(=O)C1CC2CCC1C[C@@]21NC(=O)c2ccccc2N1. The molecule has 3 aliphatic carbocycles.